The fourth-order valence-electron chi connectivity index (χ4n) is 14.2. The first-order valence-corrected chi connectivity index (χ1v) is 46.1. The number of aromatic amines is 1. The number of guanidine groups is 2. The van der Waals surface area contributed by atoms with E-state index in [4.69, 9.17) is 33.8 Å². The van der Waals surface area contributed by atoms with Crippen molar-refractivity contribution >= 4 is 159 Å². The number of nitrogens with two attached hydrogens (primary N) is 4. The second-order valence-corrected chi connectivity index (χ2v) is 34.2. The summed E-state index contributed by atoms with van der Waals surface area (Å²) < 4.78 is 0. The Kier molecular flexibility index (Phi) is 50.5. The normalized spacial score (nSPS) is 17.3. The summed E-state index contributed by atoms with van der Waals surface area (Å²) >= 11 is 1.34. The van der Waals surface area contributed by atoms with Crippen LogP contribution in [0.15, 0.2) is 30.5 Å². The predicted octanol–water partition coefficient (Wildman–Crippen LogP) is -17.1. The third-order valence-electron chi connectivity index (χ3n) is 22.0. The van der Waals surface area contributed by atoms with Gasteiger partial charge in [-0.1, -0.05) is 18.2 Å². The van der Waals surface area contributed by atoms with Gasteiger partial charge in [-0.2, -0.15) is 11.8 Å². The molecule has 2 aromatic rings. The second kappa shape index (κ2) is 59.6. The summed E-state index contributed by atoms with van der Waals surface area (Å²) in [7, 11) is 0. The van der Waals surface area contributed by atoms with E-state index in [-0.39, 0.29) is 71.1 Å². The van der Waals surface area contributed by atoms with Crippen molar-refractivity contribution in [1.29, 1.82) is 10.8 Å². The lowest BCUT2D eigenvalue weighted by Gasteiger charge is -2.29. The number of H-pyrrole nitrogens is 1. The van der Waals surface area contributed by atoms with Gasteiger partial charge in [-0.05, 0) is 123 Å². The Balaban J connectivity index is 1.36. The van der Waals surface area contributed by atoms with E-state index in [1.165, 1.54) is 43.6 Å². The van der Waals surface area contributed by atoms with Crippen LogP contribution in [0.25, 0.3) is 10.9 Å². The van der Waals surface area contributed by atoms with E-state index in [9.17, 15) is 147 Å². The highest BCUT2D eigenvalue weighted by molar-refractivity contribution is 7.98. The number of thioether (sulfide) groups is 1. The number of carbonyl (C=O) groups excluding carboxylic acids is 20. The molecule has 141 heavy (non-hydrogen) atoms. The number of carbonyl (C=O) groups is 21. The van der Waals surface area contributed by atoms with E-state index in [1.807, 2.05) is 0 Å². The van der Waals surface area contributed by atoms with Crippen LogP contribution in [0.2, 0.25) is 0 Å². The second-order valence-electron chi connectivity index (χ2n) is 33.2. The molecule has 1 aromatic carbocycles. The fourth-order valence-corrected chi connectivity index (χ4v) is 14.7. The van der Waals surface area contributed by atoms with Gasteiger partial charge in [-0.25, -0.2) is 4.79 Å². The summed E-state index contributed by atoms with van der Waals surface area (Å²) in [5.74, 6) is -24.5. The Morgan fingerprint density at radius 3 is 1.23 bits per heavy atom. The van der Waals surface area contributed by atoms with Crippen LogP contribution in [0.4, 0.5) is 0 Å². The van der Waals surface area contributed by atoms with Crippen LogP contribution >= 0.6 is 11.8 Å². The van der Waals surface area contributed by atoms with Crippen molar-refractivity contribution in [3.8, 4) is 0 Å². The molecule has 2 aliphatic rings. The Labute approximate surface area is 811 Å². The molecule has 0 radical (unpaired) electrons. The first kappa shape index (κ1) is 119. The average Bonchev–Trinajstić information content (AvgIpc) is 1.69. The standard InChI is InChI=1S/C82H132N28O30S/c1-36(83)78(137)109-23-12-18-56(109)74(133)98-46(20-25-141-7)67(126)102-52(32-113)71(130)94-37(2)62(121)93-38(3)63(122)97-45(16-10-21-89-81(85)86)66(125)103-53(33-114)72(131)104-54(34-115)73(132)106-55(35-116)79(138)110-24-13-19-57(110)75(134)105-50(30-111)65(124)92-29-59(120)96-51(31-112)70(129)95-39(4)64(123)100-48(26-42-28-91-44-15-9-8-14-43(42)44)68(127)107-61(41(6)118)77(136)101-49(27-58(84)119)69(128)108-60(40(5)117)76(135)99-47(80(139)140)17-11-22-90-82(87)88/h8-9,14-15,28,36-41,45-57,60-61,91,111-118H,10-13,16-27,29-35,83H2,1-7H3,(H2,84,119)(H,92,124)(H,93,121)(H,94,130)(H,95,129)(H,96,120)(H,97,122)(H,98,133)(H,99,135)(H,100,123)(H,101,136)(H,102,126)(H,103,125)(H,104,131)(H,105,134)(H,106,132)(H,107,127)(H,108,128)(H,139,140)(H4,85,86,89)(H4,87,88,90)/t36-,37-,38-,39-,40+,41+,45-,46-,47-,48-,49-,50-,51-,52-,53-,54-,55-,56-,57-,60-,61-/m0/s1. The number of carboxylic acid groups (broad SMARTS) is 1. The Hall–Kier alpha value is -13.8. The van der Waals surface area contributed by atoms with Gasteiger partial charge in [-0.3, -0.25) is 107 Å². The zero-order chi connectivity index (χ0) is 106. The van der Waals surface area contributed by atoms with Gasteiger partial charge in [0.05, 0.1) is 70.9 Å². The third-order valence-corrected chi connectivity index (χ3v) is 22.6. The van der Waals surface area contributed by atoms with Gasteiger partial charge in [0.25, 0.3) is 0 Å². The number of para-hydroxylation sites is 1. The lowest BCUT2D eigenvalue weighted by atomic mass is 10.0. The van der Waals surface area contributed by atoms with Crippen LogP contribution in [0.5, 0.6) is 0 Å². The number of aliphatic hydroxyl groups is 8. The number of rotatable bonds is 60. The number of carboxylic acids is 1. The van der Waals surface area contributed by atoms with Crippen LogP contribution in [0.3, 0.4) is 0 Å². The van der Waals surface area contributed by atoms with E-state index in [1.54, 1.807) is 30.5 Å². The largest absolute Gasteiger partial charge is 0.480 e. The van der Waals surface area contributed by atoms with Crippen molar-refractivity contribution in [1.82, 2.24) is 116 Å². The maximum atomic E-state index is 14.4. The highest BCUT2D eigenvalue weighted by atomic mass is 32.2. The number of aliphatic hydroxyl groups excluding tert-OH is 8. The number of hydrogen-bond donors (Lipinski definition) is 35. The summed E-state index contributed by atoms with van der Waals surface area (Å²) in [4.78, 5) is 289. The molecule has 59 heteroatoms. The van der Waals surface area contributed by atoms with Crippen LogP contribution in [0, 0.1) is 10.8 Å². The molecule has 0 spiro atoms. The lowest BCUT2D eigenvalue weighted by molar-refractivity contribution is -0.143. The molecule has 3 heterocycles. The van der Waals surface area contributed by atoms with Gasteiger partial charge in [0, 0.05) is 49.7 Å². The highest BCUT2D eigenvalue weighted by Crippen LogP contribution is 2.23. The van der Waals surface area contributed by atoms with Crippen LogP contribution in [0.1, 0.15) is 111 Å². The number of hydrogen-bond acceptors (Lipinski definition) is 33. The summed E-state index contributed by atoms with van der Waals surface area (Å²) in [5, 5.41) is 152. The number of nitrogens with one attached hydrogen (secondary N) is 22. The van der Waals surface area contributed by atoms with Crippen molar-refractivity contribution < 1.29 is 147 Å². The number of primary amides is 1. The molecule has 39 N–H and O–H groups in total. The molecule has 0 aliphatic carbocycles. The first-order chi connectivity index (χ1) is 66.5. The van der Waals surface area contributed by atoms with Crippen molar-refractivity contribution in [2.45, 2.75) is 239 Å². The summed E-state index contributed by atoms with van der Waals surface area (Å²) in [6.45, 7) is -1.01. The monoisotopic (exact) mass is 2020 g/mol. The number of benzene rings is 1. The summed E-state index contributed by atoms with van der Waals surface area (Å²) in [6.07, 6.45) is -1.45. The number of likely N-dealkylation sites (tertiary alicyclic amines) is 2. The molecule has 0 saturated carbocycles. The van der Waals surface area contributed by atoms with E-state index >= 15 is 0 Å². The van der Waals surface area contributed by atoms with Crippen LogP contribution in [-0.4, -0.2) is 408 Å². The van der Waals surface area contributed by atoms with Gasteiger partial charge in [-0.15, -0.1) is 0 Å². The maximum Gasteiger partial charge on any atom is 0.326 e. The molecule has 21 atom stereocenters. The van der Waals surface area contributed by atoms with Crippen LogP contribution in [-0.2, 0) is 107 Å². The molecule has 2 saturated heterocycles. The van der Waals surface area contributed by atoms with Gasteiger partial charge < -0.3 is 185 Å². The molecule has 1 aromatic heterocycles. The molecular formula is C82H132N28O30S. The van der Waals surface area contributed by atoms with Crippen LogP contribution < -0.4 is 124 Å². The molecule has 2 aliphatic heterocycles. The Morgan fingerprint density at radius 1 is 0.426 bits per heavy atom. The molecule has 4 rings (SSSR count). The third kappa shape index (κ3) is 38.4. The van der Waals surface area contributed by atoms with Gasteiger partial charge in [0.1, 0.15) is 109 Å². The molecular weight excluding hydrogens is 1890 g/mol. The zero-order valence-corrected chi connectivity index (χ0v) is 79.3. The average molecular weight is 2020 g/mol. The van der Waals surface area contributed by atoms with Gasteiger partial charge in [0.15, 0.2) is 11.9 Å². The minimum Gasteiger partial charge on any atom is -0.480 e. The van der Waals surface area contributed by atoms with Crippen molar-refractivity contribution in [3.05, 3.63) is 36.0 Å². The number of amides is 20. The maximum absolute atomic E-state index is 14.4. The number of nitrogens with zero attached hydrogens (tertiary/aromatic N) is 2. The quantitative estimate of drug-likeness (QED) is 0.0166. The predicted molar refractivity (Wildman–Crippen MR) is 495 cm³/mol. The van der Waals surface area contributed by atoms with Crippen molar-refractivity contribution in [2.75, 3.05) is 84.4 Å². The fraction of sp³-hybridized carbons (Fsp3) is 0.622. The van der Waals surface area contributed by atoms with E-state index < -0.39 is 322 Å². The SMILES string of the molecule is CSCC[C@H](NC(=O)[C@@H]1CCCN1C(=O)[C@H](C)N)C(=O)N[C@@H](CO)C(=O)N[C@@H](C)C(=O)N[C@@H](C)C(=O)N[C@@H](CCCNC(=N)N)C(=O)N[C@@H](CO)C(=O)N[C@@H](CO)C(=O)N[C@@H](CO)C(=O)N1CCC[C@H]1C(=O)N[C@@H](CO)C(=O)NCC(=O)N[C@@H](CO)C(=O)N[C@@H](C)C(=O)N[C@@H](Cc1c[nH]c2ccccc12)C(=O)N[C@H](C(=O)N[C@@H](CC(N)=O)C(=O)N[C@H](C(=O)N[C@@H](CCCNC(=N)N)C(=O)O)[C@@H](C)O)[C@@H](C)O. The number of aliphatic carboxylic acids is 1. The summed E-state index contributed by atoms with van der Waals surface area (Å²) in [5.41, 5.74) is 22.8. The molecule has 2 fully saturated rings. The van der Waals surface area contributed by atoms with E-state index in [0.717, 1.165) is 25.7 Å². The van der Waals surface area contributed by atoms with Crippen molar-refractivity contribution in [3.63, 3.8) is 0 Å². The molecule has 0 bridgehead atoms. The molecule has 786 valence electrons. The highest BCUT2D eigenvalue weighted by Gasteiger charge is 2.44. The minimum absolute atomic E-state index is 0.0256. The topological polar surface area (TPSA) is 943 Å². The van der Waals surface area contributed by atoms with E-state index in [2.05, 4.69) is 106 Å². The lowest BCUT2D eigenvalue weighted by Crippen LogP contribution is -2.63. The molecule has 20 amide bonds. The minimum atomic E-state index is -2.04. The van der Waals surface area contributed by atoms with Gasteiger partial charge in [0.2, 0.25) is 118 Å². The molecule has 0 unspecified atom stereocenters. The Bertz CT molecular complexity index is 4740. The number of aromatic nitrogens is 1. The summed E-state index contributed by atoms with van der Waals surface area (Å²) in [6, 6.07) is -24.9. The van der Waals surface area contributed by atoms with E-state index in [0.29, 0.717) is 35.1 Å². The smallest absolute Gasteiger partial charge is 0.326 e. The number of fused-ring (bicyclic) bond motifs is 1. The van der Waals surface area contributed by atoms with Crippen molar-refractivity contribution in [2.24, 2.45) is 22.9 Å². The zero-order valence-electron chi connectivity index (χ0n) is 78.5. The first-order valence-electron chi connectivity index (χ1n) is 44.7. The van der Waals surface area contributed by atoms with Gasteiger partial charge >= 0.3 is 5.97 Å². The molecule has 58 nitrogen and oxygen atoms in total. The Morgan fingerprint density at radius 2 is 0.787 bits per heavy atom.